The van der Waals surface area contributed by atoms with Crippen molar-refractivity contribution in [3.05, 3.63) is 53.7 Å². The van der Waals surface area contributed by atoms with Crippen molar-refractivity contribution in [2.45, 2.75) is 26.3 Å². The van der Waals surface area contributed by atoms with Gasteiger partial charge in [0.25, 0.3) is 0 Å². The molecule has 1 aromatic carbocycles. The van der Waals surface area contributed by atoms with Crippen LogP contribution < -0.4 is 5.32 Å². The Bertz CT molecular complexity index is 845. The first kappa shape index (κ1) is 18.7. The van der Waals surface area contributed by atoms with E-state index < -0.39 is 0 Å². The van der Waals surface area contributed by atoms with Gasteiger partial charge in [0.15, 0.2) is 0 Å². The van der Waals surface area contributed by atoms with Crippen LogP contribution in [0.1, 0.15) is 25.6 Å². The Kier molecular flexibility index (Phi) is 6.47. The number of hydrogen-bond acceptors (Lipinski definition) is 4. The lowest BCUT2D eigenvalue weighted by atomic mass is 10.2. The summed E-state index contributed by atoms with van der Waals surface area (Å²) in [5.41, 5.74) is 2.03. The predicted molar refractivity (Wildman–Crippen MR) is 109 cm³/mol. The molecule has 0 saturated heterocycles. The van der Waals surface area contributed by atoms with Crippen LogP contribution in [0.15, 0.2) is 42.9 Å². The van der Waals surface area contributed by atoms with Crippen molar-refractivity contribution in [1.29, 1.82) is 0 Å². The average Bonchev–Trinajstić information content (AvgIpc) is 3.03. The van der Waals surface area contributed by atoms with E-state index in [0.29, 0.717) is 5.02 Å². The summed E-state index contributed by atoms with van der Waals surface area (Å²) in [5, 5.41) is 5.37. The summed E-state index contributed by atoms with van der Waals surface area (Å²) in [4.78, 5) is 11.3. The highest BCUT2D eigenvalue weighted by molar-refractivity contribution is 6.31. The number of anilines is 1. The first-order chi connectivity index (χ1) is 12.7. The van der Waals surface area contributed by atoms with Gasteiger partial charge in [-0.3, -0.25) is 9.88 Å². The number of halogens is 1. The first-order valence-corrected chi connectivity index (χ1v) is 9.52. The quantitative estimate of drug-likeness (QED) is 0.568. The Balaban J connectivity index is 1.54. The standard InChI is InChI=1S/C20H26ClN5/c1-3-11-26(15-20-24-10-13-25(20)2)12-4-8-22-18-7-9-23-19-14-16(21)5-6-17(18)19/h5-7,9-10,13-14H,3-4,8,11-12,15H2,1-2H3,(H,22,23). The van der Waals surface area contributed by atoms with Gasteiger partial charge < -0.3 is 9.88 Å². The maximum Gasteiger partial charge on any atom is 0.122 e. The summed E-state index contributed by atoms with van der Waals surface area (Å²) in [7, 11) is 2.05. The third-order valence-electron chi connectivity index (χ3n) is 4.50. The smallest absolute Gasteiger partial charge is 0.122 e. The molecule has 0 saturated carbocycles. The lowest BCUT2D eigenvalue weighted by molar-refractivity contribution is 0.256. The van der Waals surface area contributed by atoms with Gasteiger partial charge in [-0.05, 0) is 43.7 Å². The minimum Gasteiger partial charge on any atom is -0.384 e. The summed E-state index contributed by atoms with van der Waals surface area (Å²) in [5.74, 6) is 1.11. The van der Waals surface area contributed by atoms with Crippen LogP contribution in [-0.2, 0) is 13.6 Å². The van der Waals surface area contributed by atoms with E-state index in [9.17, 15) is 0 Å². The third-order valence-corrected chi connectivity index (χ3v) is 4.73. The van der Waals surface area contributed by atoms with Crippen molar-refractivity contribution in [1.82, 2.24) is 19.4 Å². The molecule has 2 heterocycles. The Morgan fingerprint density at radius 3 is 2.81 bits per heavy atom. The zero-order chi connectivity index (χ0) is 18.4. The fourth-order valence-electron chi connectivity index (χ4n) is 3.14. The Labute approximate surface area is 160 Å². The molecule has 0 atom stereocenters. The van der Waals surface area contributed by atoms with E-state index in [1.165, 1.54) is 0 Å². The Morgan fingerprint density at radius 1 is 1.15 bits per heavy atom. The van der Waals surface area contributed by atoms with E-state index in [1.54, 1.807) is 0 Å². The van der Waals surface area contributed by atoms with Crippen LogP contribution in [0.2, 0.25) is 5.02 Å². The van der Waals surface area contributed by atoms with Crippen LogP contribution in [0.4, 0.5) is 5.69 Å². The second kappa shape index (κ2) is 9.01. The van der Waals surface area contributed by atoms with Gasteiger partial charge in [-0.2, -0.15) is 0 Å². The number of aromatic nitrogens is 3. The lowest BCUT2D eigenvalue weighted by Gasteiger charge is -2.21. The van der Waals surface area contributed by atoms with Crippen LogP contribution in [0.5, 0.6) is 0 Å². The van der Waals surface area contributed by atoms with Gasteiger partial charge >= 0.3 is 0 Å². The fraction of sp³-hybridized carbons (Fsp3) is 0.400. The maximum absolute atomic E-state index is 6.06. The summed E-state index contributed by atoms with van der Waals surface area (Å²) in [6.07, 6.45) is 7.91. The number of nitrogens with zero attached hydrogens (tertiary/aromatic N) is 4. The van der Waals surface area contributed by atoms with Crippen molar-refractivity contribution in [3.8, 4) is 0 Å². The monoisotopic (exact) mass is 371 g/mol. The van der Waals surface area contributed by atoms with Gasteiger partial charge in [0.1, 0.15) is 5.82 Å². The molecule has 5 nitrogen and oxygen atoms in total. The summed E-state index contributed by atoms with van der Waals surface area (Å²) >= 11 is 6.06. The van der Waals surface area contributed by atoms with Gasteiger partial charge in [-0.1, -0.05) is 18.5 Å². The Hall–Kier alpha value is -2.11. The van der Waals surface area contributed by atoms with Crippen LogP contribution in [0, 0.1) is 0 Å². The van der Waals surface area contributed by atoms with E-state index in [-0.39, 0.29) is 0 Å². The van der Waals surface area contributed by atoms with Gasteiger partial charge in [0.2, 0.25) is 0 Å². The number of nitrogens with one attached hydrogen (secondary N) is 1. The number of rotatable bonds is 9. The molecule has 0 aliphatic carbocycles. The summed E-state index contributed by atoms with van der Waals surface area (Å²) in [6.45, 7) is 6.17. The van der Waals surface area contributed by atoms with Crippen molar-refractivity contribution in [3.63, 3.8) is 0 Å². The van der Waals surface area contributed by atoms with E-state index >= 15 is 0 Å². The Morgan fingerprint density at radius 2 is 2.04 bits per heavy atom. The van der Waals surface area contributed by atoms with E-state index in [4.69, 9.17) is 11.6 Å². The van der Waals surface area contributed by atoms with Crippen molar-refractivity contribution < 1.29 is 0 Å². The molecule has 0 aliphatic heterocycles. The highest BCUT2D eigenvalue weighted by Crippen LogP contribution is 2.24. The molecule has 1 N–H and O–H groups in total. The minimum absolute atomic E-state index is 0.714. The van der Waals surface area contributed by atoms with Gasteiger partial charge in [-0.25, -0.2) is 4.98 Å². The molecule has 0 amide bonds. The SMILES string of the molecule is CCCN(CCCNc1ccnc2cc(Cl)ccc12)Cc1nccn1C. The van der Waals surface area contributed by atoms with Crippen molar-refractivity contribution >= 4 is 28.2 Å². The number of benzene rings is 1. The van der Waals surface area contributed by atoms with Crippen LogP contribution in [0.25, 0.3) is 10.9 Å². The number of pyridine rings is 1. The van der Waals surface area contributed by atoms with Gasteiger partial charge in [-0.15, -0.1) is 0 Å². The molecule has 0 aliphatic rings. The molecule has 0 radical (unpaired) electrons. The van der Waals surface area contributed by atoms with Crippen molar-refractivity contribution in [2.75, 3.05) is 25.0 Å². The zero-order valence-electron chi connectivity index (χ0n) is 15.5. The largest absolute Gasteiger partial charge is 0.384 e. The highest BCUT2D eigenvalue weighted by atomic mass is 35.5. The number of aryl methyl sites for hydroxylation is 1. The molecule has 3 rings (SSSR count). The average molecular weight is 372 g/mol. The molecule has 2 aromatic heterocycles. The van der Waals surface area contributed by atoms with Crippen LogP contribution >= 0.6 is 11.6 Å². The predicted octanol–water partition coefficient (Wildman–Crippen LogP) is 4.34. The van der Waals surface area contributed by atoms with E-state index in [0.717, 1.165) is 61.4 Å². The normalized spacial score (nSPS) is 11.4. The van der Waals surface area contributed by atoms with E-state index in [2.05, 4.69) is 38.7 Å². The molecule has 6 heteroatoms. The first-order valence-electron chi connectivity index (χ1n) is 9.14. The molecular weight excluding hydrogens is 346 g/mol. The molecular formula is C20H26ClN5. The highest BCUT2D eigenvalue weighted by Gasteiger charge is 2.08. The number of imidazole rings is 1. The minimum atomic E-state index is 0.714. The van der Waals surface area contributed by atoms with Gasteiger partial charge in [0, 0.05) is 54.8 Å². The number of hydrogen-bond donors (Lipinski definition) is 1. The third kappa shape index (κ3) is 4.74. The topological polar surface area (TPSA) is 46.0 Å². The molecule has 0 bridgehead atoms. The fourth-order valence-corrected chi connectivity index (χ4v) is 3.30. The molecule has 138 valence electrons. The molecule has 0 spiro atoms. The molecule has 0 unspecified atom stereocenters. The van der Waals surface area contributed by atoms with Crippen molar-refractivity contribution in [2.24, 2.45) is 7.05 Å². The molecule has 26 heavy (non-hydrogen) atoms. The van der Waals surface area contributed by atoms with E-state index in [1.807, 2.05) is 42.9 Å². The van der Waals surface area contributed by atoms with Crippen LogP contribution in [-0.4, -0.2) is 39.1 Å². The van der Waals surface area contributed by atoms with Gasteiger partial charge in [0.05, 0.1) is 12.1 Å². The number of fused-ring (bicyclic) bond motifs is 1. The zero-order valence-corrected chi connectivity index (χ0v) is 16.2. The lowest BCUT2D eigenvalue weighted by Crippen LogP contribution is -2.28. The summed E-state index contributed by atoms with van der Waals surface area (Å²) in [6, 6.07) is 7.86. The second-order valence-electron chi connectivity index (χ2n) is 6.53. The summed E-state index contributed by atoms with van der Waals surface area (Å²) < 4.78 is 2.09. The second-order valence-corrected chi connectivity index (χ2v) is 6.97. The maximum atomic E-state index is 6.06. The van der Waals surface area contributed by atoms with Crippen LogP contribution in [0.3, 0.4) is 0 Å². The molecule has 3 aromatic rings. The molecule has 0 fully saturated rings.